The Balaban J connectivity index is 0.00000243. The maximum atomic E-state index is 11.1. The van der Waals surface area contributed by atoms with E-state index in [1.165, 1.54) is 0 Å². The smallest absolute Gasteiger partial charge is 0.284 e. The molecule has 0 spiro atoms. The minimum absolute atomic E-state index is 0. The van der Waals surface area contributed by atoms with Crippen LogP contribution in [0.4, 0.5) is 0 Å². The summed E-state index contributed by atoms with van der Waals surface area (Å²) >= 11 is 0. The van der Waals surface area contributed by atoms with Crippen LogP contribution in [0.1, 0.15) is 41.3 Å². The lowest BCUT2D eigenvalue weighted by molar-refractivity contribution is 0.0972. The molecule has 0 bridgehead atoms. The third-order valence-electron chi connectivity index (χ3n) is 3.95. The molecule has 0 saturated carbocycles. The molecule has 1 aliphatic rings. The molecule has 0 saturated heterocycles. The number of carbonyl (C=O) groups is 1. The summed E-state index contributed by atoms with van der Waals surface area (Å²) in [5, 5.41) is 11.1. The van der Waals surface area contributed by atoms with E-state index in [-0.39, 0.29) is 35.8 Å². The second kappa shape index (κ2) is 9.01. The first-order chi connectivity index (χ1) is 12.0. The highest BCUT2D eigenvalue weighted by Crippen LogP contribution is 2.13. The van der Waals surface area contributed by atoms with Gasteiger partial charge in [-0.3, -0.25) is 4.79 Å². The van der Waals surface area contributed by atoms with Crippen molar-refractivity contribution in [2.45, 2.75) is 45.8 Å². The lowest BCUT2D eigenvalue weighted by Crippen LogP contribution is -2.47. The molecule has 1 unspecified atom stereocenters. The van der Waals surface area contributed by atoms with Crippen molar-refractivity contribution >= 4 is 35.8 Å². The van der Waals surface area contributed by atoms with Crippen molar-refractivity contribution in [1.82, 2.24) is 25.4 Å². The Kier molecular flexibility index (Phi) is 7.00. The summed E-state index contributed by atoms with van der Waals surface area (Å²) in [5.74, 6) is 2.69. The molecule has 0 fully saturated rings. The van der Waals surface area contributed by atoms with Gasteiger partial charge in [0.1, 0.15) is 24.0 Å². The summed E-state index contributed by atoms with van der Waals surface area (Å²) in [5.41, 5.74) is 5.19. The van der Waals surface area contributed by atoms with Gasteiger partial charge >= 0.3 is 0 Å². The molecule has 0 aromatic carbocycles. The second-order valence-corrected chi connectivity index (χ2v) is 5.96. The maximum absolute atomic E-state index is 11.1. The minimum Gasteiger partial charge on any atom is -0.454 e. The van der Waals surface area contributed by atoms with E-state index in [9.17, 15) is 4.79 Å². The average Bonchev–Trinajstić information content (AvgIpc) is 3.18. The number of aryl methyl sites for hydroxylation is 2. The van der Waals surface area contributed by atoms with Crippen molar-refractivity contribution in [2.24, 2.45) is 10.7 Å². The number of amides is 1. The van der Waals surface area contributed by atoms with Crippen LogP contribution >= 0.6 is 24.0 Å². The monoisotopic (exact) mass is 473 g/mol. The van der Waals surface area contributed by atoms with E-state index in [2.05, 4.69) is 25.7 Å². The summed E-state index contributed by atoms with van der Waals surface area (Å²) < 4.78 is 7.30. The summed E-state index contributed by atoms with van der Waals surface area (Å²) in [6.45, 7) is 5.74. The van der Waals surface area contributed by atoms with Crippen molar-refractivity contribution in [3.63, 3.8) is 0 Å². The lowest BCUT2D eigenvalue weighted by atomic mass is 10.1. The number of nitrogens with one attached hydrogen (secondary N) is 2. The van der Waals surface area contributed by atoms with Gasteiger partial charge in [0, 0.05) is 19.0 Å². The van der Waals surface area contributed by atoms with E-state index < -0.39 is 5.91 Å². The predicted octanol–water partition coefficient (Wildman–Crippen LogP) is 0.967. The lowest BCUT2D eigenvalue weighted by Gasteiger charge is -2.25. The molecule has 0 radical (unpaired) electrons. The van der Waals surface area contributed by atoms with E-state index in [0.29, 0.717) is 18.3 Å². The standard InChI is InChI=1S/C16H23N7O2.HI/c1-3-18-16(19-8-12-5-6-13(25-12)15(17)24)21-11-4-7-14-20-10(2)22-23(14)9-11;/h5-6,11H,3-4,7-9H2,1-2H3,(H2,17,24)(H2,18,19,21);1H. The van der Waals surface area contributed by atoms with Gasteiger partial charge in [-0.1, -0.05) is 0 Å². The van der Waals surface area contributed by atoms with Crippen LogP contribution in [-0.2, 0) is 19.5 Å². The molecule has 1 aliphatic heterocycles. The van der Waals surface area contributed by atoms with Crippen molar-refractivity contribution in [1.29, 1.82) is 0 Å². The normalized spacial score (nSPS) is 16.5. The molecule has 1 amide bonds. The molecular formula is C16H24IN7O2. The highest BCUT2D eigenvalue weighted by molar-refractivity contribution is 14.0. The number of rotatable bonds is 5. The van der Waals surface area contributed by atoms with Gasteiger partial charge in [0.2, 0.25) is 0 Å². The SMILES string of the molecule is CCNC(=NCc1ccc(C(N)=O)o1)NC1CCc2nc(C)nn2C1.I. The van der Waals surface area contributed by atoms with Gasteiger partial charge in [-0.2, -0.15) is 5.10 Å². The number of aromatic nitrogens is 3. The topological polar surface area (TPSA) is 123 Å². The fourth-order valence-electron chi connectivity index (χ4n) is 2.82. The van der Waals surface area contributed by atoms with Crippen LogP contribution in [0.25, 0.3) is 0 Å². The van der Waals surface area contributed by atoms with Crippen molar-refractivity contribution in [2.75, 3.05) is 6.54 Å². The molecule has 9 nitrogen and oxygen atoms in total. The molecular weight excluding hydrogens is 449 g/mol. The number of primary amides is 1. The number of hydrogen-bond donors (Lipinski definition) is 3. The van der Waals surface area contributed by atoms with Crippen molar-refractivity contribution < 1.29 is 9.21 Å². The molecule has 10 heteroatoms. The third kappa shape index (κ3) is 4.96. The fourth-order valence-corrected chi connectivity index (χ4v) is 2.82. The number of carbonyl (C=O) groups excluding carboxylic acids is 1. The molecule has 26 heavy (non-hydrogen) atoms. The van der Waals surface area contributed by atoms with E-state index >= 15 is 0 Å². The number of furan rings is 1. The number of nitrogens with zero attached hydrogens (tertiary/aromatic N) is 4. The van der Waals surface area contributed by atoms with Gasteiger partial charge in [0.05, 0.1) is 6.54 Å². The Morgan fingerprint density at radius 2 is 2.31 bits per heavy atom. The Morgan fingerprint density at radius 3 is 3.00 bits per heavy atom. The van der Waals surface area contributed by atoms with Crippen LogP contribution in [0.3, 0.4) is 0 Å². The van der Waals surface area contributed by atoms with Crippen LogP contribution in [0.5, 0.6) is 0 Å². The number of fused-ring (bicyclic) bond motifs is 1. The molecule has 2 aromatic rings. The predicted molar refractivity (Wildman–Crippen MR) is 107 cm³/mol. The summed E-state index contributed by atoms with van der Waals surface area (Å²) in [6.07, 6.45) is 1.85. The molecule has 142 valence electrons. The zero-order chi connectivity index (χ0) is 17.8. The Hall–Kier alpha value is -2.11. The number of aliphatic imine (C=N–C) groups is 1. The van der Waals surface area contributed by atoms with Gasteiger partial charge < -0.3 is 20.8 Å². The maximum Gasteiger partial charge on any atom is 0.284 e. The highest BCUT2D eigenvalue weighted by atomic mass is 127. The molecule has 2 aromatic heterocycles. The molecule has 1 atom stereocenters. The summed E-state index contributed by atoms with van der Waals surface area (Å²) in [7, 11) is 0. The second-order valence-electron chi connectivity index (χ2n) is 5.96. The molecule has 3 heterocycles. The van der Waals surface area contributed by atoms with Crippen LogP contribution in [0, 0.1) is 6.92 Å². The highest BCUT2D eigenvalue weighted by Gasteiger charge is 2.21. The van der Waals surface area contributed by atoms with E-state index in [1.807, 2.05) is 18.5 Å². The van der Waals surface area contributed by atoms with E-state index in [0.717, 1.165) is 37.6 Å². The van der Waals surface area contributed by atoms with Gasteiger partial charge in [0.15, 0.2) is 11.7 Å². The fraction of sp³-hybridized carbons (Fsp3) is 0.500. The number of halogens is 1. The van der Waals surface area contributed by atoms with Crippen LogP contribution in [0.2, 0.25) is 0 Å². The van der Waals surface area contributed by atoms with Crippen LogP contribution < -0.4 is 16.4 Å². The van der Waals surface area contributed by atoms with Gasteiger partial charge in [-0.15, -0.1) is 24.0 Å². The number of nitrogens with two attached hydrogens (primary N) is 1. The van der Waals surface area contributed by atoms with Crippen LogP contribution in [0.15, 0.2) is 21.5 Å². The molecule has 3 rings (SSSR count). The van der Waals surface area contributed by atoms with Crippen LogP contribution in [-0.4, -0.2) is 39.2 Å². The average molecular weight is 473 g/mol. The first-order valence-corrected chi connectivity index (χ1v) is 8.39. The van der Waals surface area contributed by atoms with E-state index in [4.69, 9.17) is 10.2 Å². The summed E-state index contributed by atoms with van der Waals surface area (Å²) in [4.78, 5) is 20.0. The largest absolute Gasteiger partial charge is 0.454 e. The molecule has 0 aliphatic carbocycles. The van der Waals surface area contributed by atoms with Gasteiger partial charge in [-0.05, 0) is 32.4 Å². The van der Waals surface area contributed by atoms with E-state index in [1.54, 1.807) is 12.1 Å². The van der Waals surface area contributed by atoms with Gasteiger partial charge in [0.25, 0.3) is 5.91 Å². The van der Waals surface area contributed by atoms with Crippen molar-refractivity contribution in [3.05, 3.63) is 35.3 Å². The minimum atomic E-state index is -0.582. The zero-order valence-electron chi connectivity index (χ0n) is 14.9. The molecule has 4 N–H and O–H groups in total. The zero-order valence-corrected chi connectivity index (χ0v) is 17.2. The third-order valence-corrected chi connectivity index (χ3v) is 3.95. The Morgan fingerprint density at radius 1 is 1.50 bits per heavy atom. The summed E-state index contributed by atoms with van der Waals surface area (Å²) in [6, 6.07) is 3.49. The quantitative estimate of drug-likeness (QED) is 0.338. The Bertz CT molecular complexity index is 783. The Labute approximate surface area is 168 Å². The number of hydrogen-bond acceptors (Lipinski definition) is 5. The number of guanidine groups is 1. The van der Waals surface area contributed by atoms with Crippen molar-refractivity contribution in [3.8, 4) is 0 Å². The first kappa shape index (κ1) is 20.2. The van der Waals surface area contributed by atoms with Gasteiger partial charge in [-0.25, -0.2) is 14.7 Å². The first-order valence-electron chi connectivity index (χ1n) is 8.39.